The van der Waals surface area contributed by atoms with E-state index in [0.717, 1.165) is 0 Å². The van der Waals surface area contributed by atoms with Gasteiger partial charge in [-0.2, -0.15) is 0 Å². The lowest BCUT2D eigenvalue weighted by Gasteiger charge is -2.25. The molecule has 7 heteroatoms. The summed E-state index contributed by atoms with van der Waals surface area (Å²) in [5, 5.41) is 13.5. The number of β-amino-alcohol motifs (C(OH)–C–C–N with tert-alkyl or cyclic N) is 1. The Bertz CT molecular complexity index is 592. The Kier molecular flexibility index (Phi) is 5.14. The van der Waals surface area contributed by atoms with E-state index >= 15 is 0 Å². The highest BCUT2D eigenvalue weighted by Gasteiger charge is 2.38. The first-order valence-electron chi connectivity index (χ1n) is 6.81. The molecule has 2 atom stereocenters. The van der Waals surface area contributed by atoms with Crippen molar-refractivity contribution in [2.75, 3.05) is 24.7 Å². The summed E-state index contributed by atoms with van der Waals surface area (Å²) in [6, 6.07) is 7.05. The maximum absolute atomic E-state index is 11.5. The SMILES string of the molecule is CC1(NCC(O)COc2ccccc2Cl)CCS(=O)(=O)C1. The Hall–Kier alpha value is -0.820. The van der Waals surface area contributed by atoms with Gasteiger partial charge in [-0.25, -0.2) is 8.42 Å². The molecule has 1 aliphatic heterocycles. The van der Waals surface area contributed by atoms with Gasteiger partial charge >= 0.3 is 0 Å². The van der Waals surface area contributed by atoms with Gasteiger partial charge < -0.3 is 15.2 Å². The van der Waals surface area contributed by atoms with Crippen molar-refractivity contribution >= 4 is 21.4 Å². The summed E-state index contributed by atoms with van der Waals surface area (Å²) < 4.78 is 28.4. The molecule has 0 saturated carbocycles. The zero-order valence-corrected chi connectivity index (χ0v) is 13.5. The molecule has 0 amide bonds. The third-order valence-electron chi connectivity index (χ3n) is 3.54. The smallest absolute Gasteiger partial charge is 0.152 e. The largest absolute Gasteiger partial charge is 0.489 e. The van der Waals surface area contributed by atoms with Gasteiger partial charge in [0.15, 0.2) is 9.84 Å². The van der Waals surface area contributed by atoms with Crippen LogP contribution in [0.3, 0.4) is 0 Å². The second-order valence-electron chi connectivity index (χ2n) is 5.68. The van der Waals surface area contributed by atoms with Crippen molar-refractivity contribution in [3.05, 3.63) is 29.3 Å². The van der Waals surface area contributed by atoms with E-state index in [1.54, 1.807) is 24.3 Å². The van der Waals surface area contributed by atoms with Gasteiger partial charge in [0.2, 0.25) is 0 Å². The summed E-state index contributed by atoms with van der Waals surface area (Å²) in [6.45, 7) is 2.23. The van der Waals surface area contributed by atoms with Gasteiger partial charge in [0, 0.05) is 12.1 Å². The molecule has 0 bridgehead atoms. The maximum atomic E-state index is 11.5. The summed E-state index contributed by atoms with van der Waals surface area (Å²) in [6.07, 6.45) is -0.172. The van der Waals surface area contributed by atoms with Gasteiger partial charge in [0.25, 0.3) is 0 Å². The van der Waals surface area contributed by atoms with Crippen LogP contribution in [0.25, 0.3) is 0 Å². The molecule has 0 spiro atoms. The number of para-hydroxylation sites is 1. The predicted molar refractivity (Wildman–Crippen MR) is 82.6 cm³/mol. The van der Waals surface area contributed by atoms with Crippen LogP contribution in [0.4, 0.5) is 0 Å². The predicted octanol–water partition coefficient (Wildman–Crippen LogP) is 1.25. The lowest BCUT2D eigenvalue weighted by molar-refractivity contribution is 0.0993. The summed E-state index contributed by atoms with van der Waals surface area (Å²) in [5.41, 5.74) is -0.468. The number of sulfone groups is 1. The zero-order chi connectivity index (χ0) is 15.5. The molecule has 1 aromatic rings. The molecule has 1 saturated heterocycles. The fraction of sp³-hybridized carbons (Fsp3) is 0.571. The second-order valence-corrected chi connectivity index (χ2v) is 8.27. The molecule has 1 aliphatic rings. The second kappa shape index (κ2) is 6.52. The van der Waals surface area contributed by atoms with Crippen LogP contribution in [0.5, 0.6) is 5.75 Å². The minimum atomic E-state index is -2.96. The third-order valence-corrected chi connectivity index (χ3v) is 5.75. The average Bonchev–Trinajstić information content (AvgIpc) is 2.70. The standard InChI is InChI=1S/C14H20ClNO4S/c1-14(6-7-21(18,19)10-14)16-8-11(17)9-20-13-5-3-2-4-12(13)15/h2-5,11,16-17H,6-10H2,1H3. The van der Waals surface area contributed by atoms with E-state index in [-0.39, 0.29) is 24.7 Å². The van der Waals surface area contributed by atoms with E-state index in [9.17, 15) is 13.5 Å². The van der Waals surface area contributed by atoms with Crippen molar-refractivity contribution in [1.82, 2.24) is 5.32 Å². The van der Waals surface area contributed by atoms with Gasteiger partial charge in [-0.1, -0.05) is 23.7 Å². The van der Waals surface area contributed by atoms with E-state index in [2.05, 4.69) is 5.32 Å². The molecule has 0 radical (unpaired) electrons. The number of halogens is 1. The number of aliphatic hydroxyl groups excluding tert-OH is 1. The quantitative estimate of drug-likeness (QED) is 0.819. The van der Waals surface area contributed by atoms with Crippen LogP contribution in [0.15, 0.2) is 24.3 Å². The van der Waals surface area contributed by atoms with E-state index in [4.69, 9.17) is 16.3 Å². The first-order chi connectivity index (χ1) is 9.80. The van der Waals surface area contributed by atoms with Crippen molar-refractivity contribution in [3.63, 3.8) is 0 Å². The maximum Gasteiger partial charge on any atom is 0.152 e. The van der Waals surface area contributed by atoms with Crippen molar-refractivity contribution < 1.29 is 18.3 Å². The Balaban J connectivity index is 1.78. The number of hydrogen-bond acceptors (Lipinski definition) is 5. The first kappa shape index (κ1) is 16.5. The topological polar surface area (TPSA) is 75.6 Å². The molecule has 0 aromatic heterocycles. The molecule has 2 N–H and O–H groups in total. The van der Waals surface area contributed by atoms with Gasteiger partial charge in [-0.05, 0) is 25.5 Å². The summed E-state index contributed by atoms with van der Waals surface area (Å²) in [7, 11) is -2.96. The monoisotopic (exact) mass is 333 g/mol. The molecule has 118 valence electrons. The fourth-order valence-electron chi connectivity index (χ4n) is 2.32. The molecule has 21 heavy (non-hydrogen) atoms. The van der Waals surface area contributed by atoms with Crippen LogP contribution >= 0.6 is 11.6 Å². The number of nitrogens with one attached hydrogen (secondary N) is 1. The molecular formula is C14H20ClNO4S. The summed E-state index contributed by atoms with van der Waals surface area (Å²) in [4.78, 5) is 0. The zero-order valence-electron chi connectivity index (χ0n) is 11.9. The number of ether oxygens (including phenoxy) is 1. The summed E-state index contributed by atoms with van der Waals surface area (Å²) >= 11 is 5.95. The highest BCUT2D eigenvalue weighted by molar-refractivity contribution is 7.91. The van der Waals surface area contributed by atoms with Crippen LogP contribution in [-0.2, 0) is 9.84 Å². The Labute approximate surface area is 130 Å². The fourth-order valence-corrected chi connectivity index (χ4v) is 4.63. The van der Waals surface area contributed by atoms with E-state index in [1.807, 2.05) is 6.92 Å². The lowest BCUT2D eigenvalue weighted by atomic mass is 10.0. The Morgan fingerprint density at radius 1 is 1.48 bits per heavy atom. The van der Waals surface area contributed by atoms with Crippen LogP contribution < -0.4 is 10.1 Å². The van der Waals surface area contributed by atoms with Crippen molar-refractivity contribution in [1.29, 1.82) is 0 Å². The van der Waals surface area contributed by atoms with Crippen LogP contribution in [0, 0.1) is 0 Å². The summed E-state index contributed by atoms with van der Waals surface area (Å²) in [5.74, 6) is 0.828. The molecule has 2 unspecified atom stereocenters. The van der Waals surface area contributed by atoms with Crippen LogP contribution in [-0.4, -0.2) is 49.8 Å². The van der Waals surface area contributed by atoms with Gasteiger partial charge in [0.1, 0.15) is 18.5 Å². The van der Waals surface area contributed by atoms with Gasteiger partial charge in [-0.15, -0.1) is 0 Å². The molecule has 0 aliphatic carbocycles. The number of aliphatic hydroxyl groups is 1. The van der Waals surface area contributed by atoms with Crippen LogP contribution in [0.2, 0.25) is 5.02 Å². The highest BCUT2D eigenvalue weighted by atomic mass is 35.5. The van der Waals surface area contributed by atoms with Crippen LogP contribution in [0.1, 0.15) is 13.3 Å². The first-order valence-corrected chi connectivity index (χ1v) is 9.00. The molecule has 1 aromatic carbocycles. The van der Waals surface area contributed by atoms with Crippen molar-refractivity contribution in [2.45, 2.75) is 25.0 Å². The van der Waals surface area contributed by atoms with Crippen molar-refractivity contribution in [3.8, 4) is 5.75 Å². The minimum Gasteiger partial charge on any atom is -0.489 e. The molecular weight excluding hydrogens is 314 g/mol. The Morgan fingerprint density at radius 2 is 2.19 bits per heavy atom. The van der Waals surface area contributed by atoms with Gasteiger partial charge in [0.05, 0.1) is 16.5 Å². The molecule has 5 nitrogen and oxygen atoms in total. The van der Waals surface area contributed by atoms with Gasteiger partial charge in [-0.3, -0.25) is 0 Å². The third kappa shape index (κ3) is 4.85. The van der Waals surface area contributed by atoms with E-state index in [1.165, 1.54) is 0 Å². The number of hydrogen-bond donors (Lipinski definition) is 2. The molecule has 2 rings (SSSR count). The van der Waals surface area contributed by atoms with E-state index in [0.29, 0.717) is 17.2 Å². The molecule has 1 heterocycles. The number of rotatable bonds is 6. The lowest BCUT2D eigenvalue weighted by Crippen LogP contribution is -2.47. The van der Waals surface area contributed by atoms with Crippen molar-refractivity contribution in [2.24, 2.45) is 0 Å². The highest BCUT2D eigenvalue weighted by Crippen LogP contribution is 2.24. The number of benzene rings is 1. The average molecular weight is 334 g/mol. The normalized spacial score (nSPS) is 25.7. The molecule has 1 fully saturated rings. The minimum absolute atomic E-state index is 0.0968. The Morgan fingerprint density at radius 3 is 2.81 bits per heavy atom. The van der Waals surface area contributed by atoms with E-state index < -0.39 is 21.5 Å².